The molecular formula is C25H23FN4O3. The molecule has 0 aliphatic heterocycles. The van der Waals surface area contributed by atoms with E-state index in [4.69, 9.17) is 5.73 Å². The summed E-state index contributed by atoms with van der Waals surface area (Å²) in [5.41, 5.74) is 4.59. The van der Waals surface area contributed by atoms with Crippen LogP contribution in [0.3, 0.4) is 0 Å². The molecule has 33 heavy (non-hydrogen) atoms. The summed E-state index contributed by atoms with van der Waals surface area (Å²) in [6, 6.07) is 10.0. The molecule has 2 heterocycles. The fourth-order valence-corrected chi connectivity index (χ4v) is 3.17. The highest BCUT2D eigenvalue weighted by Gasteiger charge is 2.26. The number of nitrogens with one attached hydrogen (secondary N) is 1. The number of Topliss-reactive ketones (excluding diaryl/α,β-unsaturated/α-hetero) is 1. The minimum absolute atomic E-state index is 0.0667. The molecule has 0 saturated heterocycles. The van der Waals surface area contributed by atoms with Crippen LogP contribution in [0.15, 0.2) is 65.6 Å². The summed E-state index contributed by atoms with van der Waals surface area (Å²) in [6.07, 6.45) is 7.86. The predicted molar refractivity (Wildman–Crippen MR) is 128 cm³/mol. The molecule has 1 amide bonds. The number of para-hydroxylation sites is 1. The van der Waals surface area contributed by atoms with Gasteiger partial charge in [0, 0.05) is 17.5 Å². The van der Waals surface area contributed by atoms with Crippen LogP contribution in [0, 0.1) is 18.2 Å². The Labute approximate surface area is 190 Å². The number of terminal acetylenes is 1. The van der Waals surface area contributed by atoms with E-state index in [1.165, 1.54) is 10.6 Å². The van der Waals surface area contributed by atoms with E-state index >= 15 is 0 Å². The topological polar surface area (TPSA) is 107 Å². The molecule has 0 aliphatic rings. The van der Waals surface area contributed by atoms with Crippen molar-refractivity contribution in [1.29, 1.82) is 0 Å². The number of benzene rings is 1. The summed E-state index contributed by atoms with van der Waals surface area (Å²) in [7, 11) is 0. The van der Waals surface area contributed by atoms with Crippen LogP contribution >= 0.6 is 0 Å². The molecular weight excluding hydrogens is 423 g/mol. The van der Waals surface area contributed by atoms with Crippen LogP contribution in [0.1, 0.15) is 41.6 Å². The maximum absolute atomic E-state index is 14.9. The molecule has 0 saturated carbocycles. The molecule has 0 bridgehead atoms. The molecule has 0 spiro atoms. The van der Waals surface area contributed by atoms with Gasteiger partial charge < -0.3 is 11.1 Å². The Kier molecular flexibility index (Phi) is 8.02. The van der Waals surface area contributed by atoms with Crippen LogP contribution in [0.25, 0.3) is 16.7 Å². The fourth-order valence-electron chi connectivity index (χ4n) is 3.17. The maximum Gasteiger partial charge on any atom is 0.270 e. The van der Waals surface area contributed by atoms with Gasteiger partial charge >= 0.3 is 0 Å². The highest BCUT2D eigenvalue weighted by Crippen LogP contribution is 2.27. The molecule has 8 heteroatoms. The molecule has 0 unspecified atom stereocenters. The Morgan fingerprint density at radius 3 is 2.39 bits per heavy atom. The summed E-state index contributed by atoms with van der Waals surface area (Å²) in [4.78, 5) is 41.0. The van der Waals surface area contributed by atoms with Crippen molar-refractivity contribution in [2.24, 2.45) is 5.73 Å². The Bertz CT molecular complexity index is 1370. The number of allylic oxidation sites excluding steroid dienone is 3. The number of rotatable bonds is 6. The van der Waals surface area contributed by atoms with Gasteiger partial charge in [0.25, 0.3) is 5.91 Å². The van der Waals surface area contributed by atoms with Crippen molar-refractivity contribution >= 4 is 28.5 Å². The zero-order chi connectivity index (χ0) is 24.7. The van der Waals surface area contributed by atoms with Crippen LogP contribution in [0.4, 0.5) is 10.2 Å². The number of ketones is 1. The molecule has 0 aliphatic carbocycles. The Balaban J connectivity index is 0.00000122. The molecule has 168 valence electrons. The lowest BCUT2D eigenvalue weighted by atomic mass is 10.0. The molecule has 0 atom stereocenters. The number of hydrogen-bond donors (Lipinski definition) is 2. The third kappa shape index (κ3) is 5.22. The van der Waals surface area contributed by atoms with E-state index < -0.39 is 34.2 Å². The average molecular weight is 446 g/mol. The van der Waals surface area contributed by atoms with E-state index in [2.05, 4.69) is 29.2 Å². The van der Waals surface area contributed by atoms with E-state index in [9.17, 15) is 18.8 Å². The van der Waals surface area contributed by atoms with E-state index in [-0.39, 0.29) is 11.0 Å². The second-order valence-corrected chi connectivity index (χ2v) is 6.83. The monoisotopic (exact) mass is 446 g/mol. The lowest BCUT2D eigenvalue weighted by molar-refractivity contribution is 0.0991. The van der Waals surface area contributed by atoms with Crippen molar-refractivity contribution < 1.29 is 14.0 Å². The number of amides is 1. The number of aromatic nitrogens is 2. The first kappa shape index (κ1) is 24.8. The van der Waals surface area contributed by atoms with Crippen molar-refractivity contribution in [3.8, 4) is 18.0 Å². The van der Waals surface area contributed by atoms with Gasteiger partial charge in [-0.15, -0.1) is 12.3 Å². The van der Waals surface area contributed by atoms with Gasteiger partial charge in [-0.1, -0.05) is 30.9 Å². The number of nitrogens with zero attached hydrogens (tertiary/aromatic N) is 2. The van der Waals surface area contributed by atoms with Gasteiger partial charge in [0.15, 0.2) is 28.4 Å². The minimum Gasteiger partial charge on any atom is -0.364 e. The van der Waals surface area contributed by atoms with Crippen molar-refractivity contribution in [3.63, 3.8) is 0 Å². The molecule has 2 aromatic heterocycles. The van der Waals surface area contributed by atoms with E-state index in [0.717, 1.165) is 6.92 Å². The summed E-state index contributed by atoms with van der Waals surface area (Å²) in [5.74, 6) is -0.520. The Hall–Kier alpha value is -4.51. The minimum atomic E-state index is -1.21. The molecule has 7 nitrogen and oxygen atoms in total. The third-order valence-corrected chi connectivity index (χ3v) is 4.38. The third-order valence-electron chi connectivity index (χ3n) is 4.38. The SMILES string of the molecule is C#CC.C=C/C=C(\C)Nc1cc(=O)c2c(C(C)=O)c(F)c(C(N)=O)nc2n1-c1ccccc1. The van der Waals surface area contributed by atoms with Crippen molar-refractivity contribution in [2.45, 2.75) is 20.8 Å². The van der Waals surface area contributed by atoms with E-state index in [1.807, 2.05) is 0 Å². The Morgan fingerprint density at radius 1 is 1.27 bits per heavy atom. The van der Waals surface area contributed by atoms with Crippen molar-refractivity contribution in [2.75, 3.05) is 5.32 Å². The van der Waals surface area contributed by atoms with Crippen molar-refractivity contribution in [1.82, 2.24) is 9.55 Å². The molecule has 0 fully saturated rings. The first-order chi connectivity index (χ1) is 15.7. The van der Waals surface area contributed by atoms with Gasteiger partial charge in [-0.25, -0.2) is 9.37 Å². The summed E-state index contributed by atoms with van der Waals surface area (Å²) in [6.45, 7) is 8.16. The average Bonchev–Trinajstić information content (AvgIpc) is 2.74. The van der Waals surface area contributed by atoms with E-state index in [1.54, 1.807) is 56.3 Å². The maximum atomic E-state index is 14.9. The van der Waals surface area contributed by atoms with Crippen LogP contribution in [0.5, 0.6) is 0 Å². The molecule has 3 N–H and O–H groups in total. The molecule has 3 rings (SSSR count). The first-order valence-electron chi connectivity index (χ1n) is 9.77. The first-order valence-corrected chi connectivity index (χ1v) is 9.77. The number of nitrogens with two attached hydrogens (primary N) is 1. The number of hydrogen-bond acceptors (Lipinski definition) is 5. The van der Waals surface area contributed by atoms with Gasteiger partial charge in [-0.3, -0.25) is 19.0 Å². The zero-order valence-corrected chi connectivity index (χ0v) is 18.5. The lowest BCUT2D eigenvalue weighted by Crippen LogP contribution is -2.23. The van der Waals surface area contributed by atoms with Crippen LogP contribution in [0.2, 0.25) is 0 Å². The van der Waals surface area contributed by atoms with Crippen LogP contribution < -0.4 is 16.5 Å². The molecule has 1 aromatic carbocycles. The highest BCUT2D eigenvalue weighted by molar-refractivity contribution is 6.08. The Morgan fingerprint density at radius 2 is 1.88 bits per heavy atom. The largest absolute Gasteiger partial charge is 0.364 e. The molecule has 0 radical (unpaired) electrons. The summed E-state index contributed by atoms with van der Waals surface area (Å²) < 4.78 is 16.4. The van der Waals surface area contributed by atoms with Gasteiger partial charge in [0.2, 0.25) is 0 Å². The number of carbonyl (C=O) groups is 2. The van der Waals surface area contributed by atoms with Crippen LogP contribution in [-0.4, -0.2) is 21.2 Å². The predicted octanol–water partition coefficient (Wildman–Crippen LogP) is 3.97. The zero-order valence-electron chi connectivity index (χ0n) is 18.5. The number of fused-ring (bicyclic) bond motifs is 1. The second-order valence-electron chi connectivity index (χ2n) is 6.83. The van der Waals surface area contributed by atoms with Gasteiger partial charge in [0.1, 0.15) is 5.82 Å². The van der Waals surface area contributed by atoms with Gasteiger partial charge in [-0.2, -0.15) is 0 Å². The number of carbonyl (C=O) groups excluding carboxylic acids is 2. The van der Waals surface area contributed by atoms with E-state index in [0.29, 0.717) is 17.2 Å². The number of halogens is 1. The summed E-state index contributed by atoms with van der Waals surface area (Å²) >= 11 is 0. The number of anilines is 1. The lowest BCUT2D eigenvalue weighted by Gasteiger charge is -2.19. The highest BCUT2D eigenvalue weighted by atomic mass is 19.1. The normalized spacial score (nSPS) is 10.6. The van der Waals surface area contributed by atoms with Gasteiger partial charge in [0.05, 0.1) is 10.9 Å². The number of pyridine rings is 2. The standard InChI is InChI=1S/C22H19FN4O3.C3H4/c1-4-8-12(2)25-16-11-15(29)18-17(13(3)28)19(23)20(21(24)30)26-22(18)27(16)14-9-6-5-7-10-14;1-3-2/h4-11,25H,1H2,2-3H3,(H2,24,30);1H,2H3/b12-8+;. The van der Waals surface area contributed by atoms with Crippen LogP contribution in [-0.2, 0) is 0 Å². The quantitative estimate of drug-likeness (QED) is 0.339. The van der Waals surface area contributed by atoms with Crippen molar-refractivity contribution in [3.05, 3.63) is 88.1 Å². The second kappa shape index (κ2) is 10.7. The van der Waals surface area contributed by atoms with Gasteiger partial charge in [-0.05, 0) is 39.0 Å². The summed E-state index contributed by atoms with van der Waals surface area (Å²) in [5, 5.41) is 2.84. The smallest absolute Gasteiger partial charge is 0.270 e. The number of primary amides is 1. The molecule has 3 aromatic rings. The fraction of sp³-hybridized carbons (Fsp3) is 0.120.